The van der Waals surface area contributed by atoms with Gasteiger partial charge in [-0.15, -0.1) is 0 Å². The van der Waals surface area contributed by atoms with Crippen LogP contribution in [0.3, 0.4) is 0 Å². The summed E-state index contributed by atoms with van der Waals surface area (Å²) < 4.78 is 10.8. The summed E-state index contributed by atoms with van der Waals surface area (Å²) in [6.07, 6.45) is 2.97. The highest BCUT2D eigenvalue weighted by molar-refractivity contribution is 5.89. The first-order valence-electron chi connectivity index (χ1n) is 9.70. The fourth-order valence-electron chi connectivity index (χ4n) is 3.54. The first-order chi connectivity index (χ1) is 13.6. The lowest BCUT2D eigenvalue weighted by Gasteiger charge is -2.40. The van der Waals surface area contributed by atoms with Crippen molar-refractivity contribution in [1.29, 1.82) is 0 Å². The van der Waals surface area contributed by atoms with Crippen molar-refractivity contribution in [2.45, 2.75) is 49.9 Å². The number of benzene rings is 1. The molecule has 8 heteroatoms. The molecule has 150 valence electrons. The highest BCUT2D eigenvalue weighted by atomic mass is 16.5. The summed E-state index contributed by atoms with van der Waals surface area (Å²) in [6, 6.07) is 7.16. The van der Waals surface area contributed by atoms with E-state index in [2.05, 4.69) is 10.6 Å². The number of methoxy groups -OCH3 is 1. The predicted octanol–water partition coefficient (Wildman–Crippen LogP) is 0.521. The molecule has 2 aliphatic carbocycles. The van der Waals surface area contributed by atoms with Gasteiger partial charge in [0.2, 0.25) is 11.8 Å². The molecule has 1 saturated heterocycles. The van der Waals surface area contributed by atoms with E-state index < -0.39 is 12.1 Å². The molecule has 2 N–H and O–H groups in total. The highest BCUT2D eigenvalue weighted by Crippen LogP contribution is 2.39. The Kier molecular flexibility index (Phi) is 5.21. The van der Waals surface area contributed by atoms with Gasteiger partial charge in [0.1, 0.15) is 12.4 Å². The summed E-state index contributed by atoms with van der Waals surface area (Å²) in [4.78, 5) is 39.0. The molecule has 0 bridgehead atoms. The van der Waals surface area contributed by atoms with E-state index in [1.54, 1.807) is 24.1 Å². The topological polar surface area (TPSA) is 97.0 Å². The fraction of sp³-hybridized carbons (Fsp3) is 0.550. The minimum absolute atomic E-state index is 0.0953. The van der Waals surface area contributed by atoms with Crippen molar-refractivity contribution in [3.63, 3.8) is 0 Å². The molecule has 3 aliphatic rings. The summed E-state index contributed by atoms with van der Waals surface area (Å²) in [5.41, 5.74) is 0.809. The summed E-state index contributed by atoms with van der Waals surface area (Å²) in [5, 5.41) is 5.50. The summed E-state index contributed by atoms with van der Waals surface area (Å²) in [7, 11) is 1.59. The Labute approximate surface area is 163 Å². The first-order valence-corrected chi connectivity index (χ1v) is 9.70. The third-order valence-corrected chi connectivity index (χ3v) is 5.28. The predicted molar refractivity (Wildman–Crippen MR) is 99.5 cm³/mol. The molecule has 0 radical (unpaired) electrons. The molecule has 3 fully saturated rings. The molecule has 4 rings (SSSR count). The van der Waals surface area contributed by atoms with Gasteiger partial charge in [0.15, 0.2) is 6.10 Å². The Balaban J connectivity index is 1.51. The average molecular weight is 387 g/mol. The zero-order chi connectivity index (χ0) is 19.7. The Morgan fingerprint density at radius 3 is 2.50 bits per heavy atom. The van der Waals surface area contributed by atoms with Crippen molar-refractivity contribution in [3.05, 3.63) is 29.8 Å². The fourth-order valence-corrected chi connectivity index (χ4v) is 3.54. The Hall–Kier alpha value is -2.61. The van der Waals surface area contributed by atoms with Gasteiger partial charge in [-0.05, 0) is 43.4 Å². The van der Waals surface area contributed by atoms with Gasteiger partial charge in [0, 0.05) is 12.1 Å². The second-order valence-electron chi connectivity index (χ2n) is 7.54. The van der Waals surface area contributed by atoms with Gasteiger partial charge >= 0.3 is 0 Å². The van der Waals surface area contributed by atoms with Gasteiger partial charge in [-0.1, -0.05) is 12.1 Å². The van der Waals surface area contributed by atoms with Gasteiger partial charge < -0.3 is 25.0 Å². The molecule has 0 unspecified atom stereocenters. The molecule has 1 aliphatic heterocycles. The number of morpholine rings is 1. The molecule has 1 aromatic carbocycles. The third-order valence-electron chi connectivity index (χ3n) is 5.28. The molecule has 28 heavy (non-hydrogen) atoms. The quantitative estimate of drug-likeness (QED) is 0.711. The standard InChI is InChI=1S/C20H25N3O5/c1-27-15-8-2-12(3-9-15)18-19(28-11-17(25)23(18)14-6-7-14)20(26)21-10-16(24)22-13-4-5-13/h2-3,8-9,13-14,18-19H,4-7,10-11H2,1H3,(H,21,26)(H,22,24)/t18-,19+/m1/s1. The number of rotatable bonds is 7. The van der Waals surface area contributed by atoms with Crippen LogP contribution >= 0.6 is 0 Å². The minimum atomic E-state index is -0.861. The monoisotopic (exact) mass is 387 g/mol. The number of ether oxygens (including phenoxy) is 2. The van der Waals surface area contributed by atoms with Crippen molar-refractivity contribution >= 4 is 17.7 Å². The second kappa shape index (κ2) is 7.79. The normalized spacial score (nSPS) is 24.6. The van der Waals surface area contributed by atoms with E-state index in [0.29, 0.717) is 5.75 Å². The maximum Gasteiger partial charge on any atom is 0.252 e. The maximum absolute atomic E-state index is 12.8. The Morgan fingerprint density at radius 1 is 1.18 bits per heavy atom. The molecule has 0 spiro atoms. The van der Waals surface area contributed by atoms with Gasteiger partial charge in [-0.3, -0.25) is 14.4 Å². The average Bonchev–Trinajstić information content (AvgIpc) is 3.61. The lowest BCUT2D eigenvalue weighted by Crippen LogP contribution is -2.55. The second-order valence-corrected chi connectivity index (χ2v) is 7.54. The number of hydrogen-bond donors (Lipinski definition) is 2. The molecule has 8 nitrogen and oxygen atoms in total. The molecule has 2 atom stereocenters. The summed E-state index contributed by atoms with van der Waals surface area (Å²) >= 11 is 0. The SMILES string of the molecule is COc1ccc([C@@H]2[C@@H](C(=O)NCC(=O)NC3CC3)OCC(=O)N2C2CC2)cc1. The van der Waals surface area contributed by atoms with Crippen molar-refractivity contribution in [2.75, 3.05) is 20.3 Å². The van der Waals surface area contributed by atoms with E-state index in [9.17, 15) is 14.4 Å². The van der Waals surface area contributed by atoms with Crippen LogP contribution in [0.1, 0.15) is 37.3 Å². The van der Waals surface area contributed by atoms with Gasteiger partial charge in [0.05, 0.1) is 19.7 Å². The van der Waals surface area contributed by atoms with Crippen LogP contribution in [0.4, 0.5) is 0 Å². The van der Waals surface area contributed by atoms with Crippen LogP contribution in [0, 0.1) is 0 Å². The third kappa shape index (κ3) is 4.11. The zero-order valence-electron chi connectivity index (χ0n) is 15.8. The van der Waals surface area contributed by atoms with E-state index in [4.69, 9.17) is 9.47 Å². The molecule has 2 saturated carbocycles. The number of nitrogens with one attached hydrogen (secondary N) is 2. The van der Waals surface area contributed by atoms with Crippen molar-refractivity contribution in [3.8, 4) is 5.75 Å². The molecule has 0 aromatic heterocycles. The van der Waals surface area contributed by atoms with E-state index >= 15 is 0 Å². The van der Waals surface area contributed by atoms with Crippen LogP contribution in [0.25, 0.3) is 0 Å². The molecular formula is C20H25N3O5. The molecule has 3 amide bonds. The smallest absolute Gasteiger partial charge is 0.252 e. The molecule has 1 aromatic rings. The highest BCUT2D eigenvalue weighted by Gasteiger charge is 2.47. The maximum atomic E-state index is 12.8. The Bertz CT molecular complexity index is 758. The Morgan fingerprint density at radius 2 is 1.89 bits per heavy atom. The van der Waals surface area contributed by atoms with Crippen molar-refractivity contribution in [1.82, 2.24) is 15.5 Å². The van der Waals surface area contributed by atoms with E-state index in [1.165, 1.54) is 0 Å². The van der Waals surface area contributed by atoms with Crippen LogP contribution in [-0.2, 0) is 19.1 Å². The lowest BCUT2D eigenvalue weighted by atomic mass is 9.96. The molecule has 1 heterocycles. The van der Waals surface area contributed by atoms with E-state index in [1.807, 2.05) is 12.1 Å². The largest absolute Gasteiger partial charge is 0.497 e. The number of carbonyl (C=O) groups is 3. The van der Waals surface area contributed by atoms with Crippen LogP contribution in [0.5, 0.6) is 5.75 Å². The van der Waals surface area contributed by atoms with Crippen LogP contribution in [-0.4, -0.2) is 61.1 Å². The van der Waals surface area contributed by atoms with E-state index in [0.717, 1.165) is 31.2 Å². The first kappa shape index (κ1) is 18.7. The summed E-state index contributed by atoms with van der Waals surface area (Å²) in [6.45, 7) is -0.225. The summed E-state index contributed by atoms with van der Waals surface area (Å²) in [5.74, 6) is -0.00549. The minimum Gasteiger partial charge on any atom is -0.497 e. The number of hydrogen-bond acceptors (Lipinski definition) is 5. The van der Waals surface area contributed by atoms with Crippen LogP contribution in [0.2, 0.25) is 0 Å². The van der Waals surface area contributed by atoms with Crippen LogP contribution in [0.15, 0.2) is 24.3 Å². The zero-order valence-corrected chi connectivity index (χ0v) is 15.8. The van der Waals surface area contributed by atoms with Crippen LogP contribution < -0.4 is 15.4 Å². The van der Waals surface area contributed by atoms with E-state index in [-0.39, 0.29) is 43.0 Å². The van der Waals surface area contributed by atoms with Gasteiger partial charge in [-0.25, -0.2) is 0 Å². The van der Waals surface area contributed by atoms with Crippen molar-refractivity contribution < 1.29 is 23.9 Å². The molecular weight excluding hydrogens is 362 g/mol. The number of carbonyl (C=O) groups excluding carboxylic acids is 3. The lowest BCUT2D eigenvalue weighted by molar-refractivity contribution is -0.165. The van der Waals surface area contributed by atoms with Crippen molar-refractivity contribution in [2.24, 2.45) is 0 Å². The number of amides is 3. The number of nitrogens with zero attached hydrogens (tertiary/aromatic N) is 1. The van der Waals surface area contributed by atoms with Gasteiger partial charge in [-0.2, -0.15) is 0 Å². The van der Waals surface area contributed by atoms with Gasteiger partial charge in [0.25, 0.3) is 5.91 Å².